The van der Waals surface area contributed by atoms with Crippen molar-refractivity contribution in [2.75, 3.05) is 6.54 Å². The second kappa shape index (κ2) is 4.45. The first-order chi connectivity index (χ1) is 8.42. The molecule has 0 N–H and O–H groups in total. The van der Waals surface area contributed by atoms with Gasteiger partial charge in [0.15, 0.2) is 0 Å². The molecule has 0 fully saturated rings. The Kier molecular flexibility index (Phi) is 2.66. The van der Waals surface area contributed by atoms with Crippen LogP contribution in [0.25, 0.3) is 0 Å². The van der Waals surface area contributed by atoms with Gasteiger partial charge < -0.3 is 4.42 Å². The summed E-state index contributed by atoms with van der Waals surface area (Å²) < 4.78 is 5.22. The second-order valence-corrected chi connectivity index (χ2v) is 4.17. The molecule has 0 spiro atoms. The molecule has 0 radical (unpaired) electrons. The molecule has 86 valence electrons. The van der Waals surface area contributed by atoms with Crippen LogP contribution in [0.15, 0.2) is 52.2 Å². The van der Waals surface area contributed by atoms with Gasteiger partial charge in [-0.2, -0.15) is 5.10 Å². The van der Waals surface area contributed by atoms with Crippen molar-refractivity contribution in [1.29, 1.82) is 0 Å². The third-order valence-corrected chi connectivity index (χ3v) is 3.00. The van der Waals surface area contributed by atoms with E-state index in [9.17, 15) is 0 Å². The van der Waals surface area contributed by atoms with Gasteiger partial charge >= 0.3 is 0 Å². The monoisotopic (exact) mass is 226 g/mol. The lowest BCUT2D eigenvalue weighted by Crippen LogP contribution is -2.25. The van der Waals surface area contributed by atoms with Crippen LogP contribution in [-0.2, 0) is 13.0 Å². The van der Waals surface area contributed by atoms with E-state index in [0.717, 1.165) is 25.3 Å². The van der Waals surface area contributed by atoms with Crippen LogP contribution in [-0.4, -0.2) is 17.8 Å². The van der Waals surface area contributed by atoms with Gasteiger partial charge in [0.2, 0.25) is 0 Å². The summed E-state index contributed by atoms with van der Waals surface area (Å²) in [6, 6.07) is 12.3. The van der Waals surface area contributed by atoms with Crippen molar-refractivity contribution < 1.29 is 4.42 Å². The quantitative estimate of drug-likeness (QED) is 0.736. The van der Waals surface area contributed by atoms with Crippen molar-refractivity contribution in [3.63, 3.8) is 0 Å². The maximum atomic E-state index is 5.22. The minimum absolute atomic E-state index is 0.795. The summed E-state index contributed by atoms with van der Waals surface area (Å²) in [5.74, 6) is 0.795. The van der Waals surface area contributed by atoms with Crippen LogP contribution in [0.3, 0.4) is 0 Å². The van der Waals surface area contributed by atoms with Crippen molar-refractivity contribution >= 4 is 6.21 Å². The van der Waals surface area contributed by atoms with E-state index >= 15 is 0 Å². The molecule has 1 aromatic carbocycles. The molecule has 0 bridgehead atoms. The molecule has 3 rings (SSSR count). The molecule has 3 nitrogen and oxygen atoms in total. The zero-order chi connectivity index (χ0) is 11.5. The number of hydrogen-bond donors (Lipinski definition) is 0. The predicted molar refractivity (Wildman–Crippen MR) is 66.9 cm³/mol. The molecular weight excluding hydrogens is 212 g/mol. The average molecular weight is 226 g/mol. The molecular formula is C14H14N2O. The largest absolute Gasteiger partial charge is 0.463 e. The van der Waals surface area contributed by atoms with Crippen molar-refractivity contribution in [3.05, 3.63) is 59.5 Å². The minimum atomic E-state index is 0.795. The van der Waals surface area contributed by atoms with E-state index in [4.69, 9.17) is 4.42 Å². The summed E-state index contributed by atoms with van der Waals surface area (Å²) in [6.45, 7) is 1.85. The Hall–Kier alpha value is -2.03. The highest BCUT2D eigenvalue weighted by Crippen LogP contribution is 2.18. The van der Waals surface area contributed by atoms with Crippen LogP contribution in [0.1, 0.15) is 16.9 Å². The summed E-state index contributed by atoms with van der Waals surface area (Å²) in [4.78, 5) is 0. The highest BCUT2D eigenvalue weighted by atomic mass is 16.3. The second-order valence-electron chi connectivity index (χ2n) is 4.17. The summed E-state index contributed by atoms with van der Waals surface area (Å²) in [6.07, 6.45) is 4.49. The number of rotatable bonds is 2. The number of hydrazone groups is 1. The van der Waals surface area contributed by atoms with E-state index in [2.05, 4.69) is 34.4 Å². The van der Waals surface area contributed by atoms with Gasteiger partial charge in [0.1, 0.15) is 5.76 Å². The summed E-state index contributed by atoms with van der Waals surface area (Å²) in [5.41, 5.74) is 2.81. The first kappa shape index (κ1) is 10.1. The molecule has 0 unspecified atom stereocenters. The van der Waals surface area contributed by atoms with Gasteiger partial charge in [-0.15, -0.1) is 0 Å². The maximum absolute atomic E-state index is 5.22. The number of nitrogens with zero attached hydrogens (tertiary/aromatic N) is 2. The zero-order valence-electron chi connectivity index (χ0n) is 9.54. The van der Waals surface area contributed by atoms with Crippen molar-refractivity contribution in [3.8, 4) is 0 Å². The van der Waals surface area contributed by atoms with Gasteiger partial charge in [-0.1, -0.05) is 24.3 Å². The third kappa shape index (κ3) is 2.23. The number of hydrogen-bond acceptors (Lipinski definition) is 3. The van der Waals surface area contributed by atoms with E-state index in [-0.39, 0.29) is 0 Å². The van der Waals surface area contributed by atoms with Crippen molar-refractivity contribution in [2.45, 2.75) is 13.0 Å². The number of benzene rings is 1. The van der Waals surface area contributed by atoms with Gasteiger partial charge in [0, 0.05) is 6.54 Å². The zero-order valence-corrected chi connectivity index (χ0v) is 9.54. The summed E-state index contributed by atoms with van der Waals surface area (Å²) >= 11 is 0. The van der Waals surface area contributed by atoms with Crippen LogP contribution in [0.4, 0.5) is 0 Å². The lowest BCUT2D eigenvalue weighted by Gasteiger charge is -2.25. The first-order valence-electron chi connectivity index (χ1n) is 5.81. The van der Waals surface area contributed by atoms with Gasteiger partial charge in [-0.3, -0.25) is 5.01 Å². The lowest BCUT2D eigenvalue weighted by atomic mass is 10.0. The van der Waals surface area contributed by atoms with E-state index < -0.39 is 0 Å². The van der Waals surface area contributed by atoms with Gasteiger partial charge in [0.05, 0.1) is 19.0 Å². The molecule has 1 aromatic heterocycles. The Morgan fingerprint density at radius 3 is 2.82 bits per heavy atom. The fraction of sp³-hybridized carbons (Fsp3) is 0.214. The average Bonchev–Trinajstić information content (AvgIpc) is 2.89. The van der Waals surface area contributed by atoms with E-state index in [1.54, 1.807) is 12.5 Å². The Morgan fingerprint density at radius 2 is 2.00 bits per heavy atom. The third-order valence-electron chi connectivity index (χ3n) is 3.00. The summed E-state index contributed by atoms with van der Waals surface area (Å²) in [5, 5.41) is 6.51. The fourth-order valence-electron chi connectivity index (χ4n) is 2.08. The Balaban J connectivity index is 1.72. The maximum Gasteiger partial charge on any atom is 0.146 e. The van der Waals surface area contributed by atoms with Gasteiger partial charge in [-0.25, -0.2) is 0 Å². The lowest BCUT2D eigenvalue weighted by molar-refractivity contribution is 0.268. The normalized spacial score (nSPS) is 15.2. The van der Waals surface area contributed by atoms with Gasteiger partial charge in [-0.05, 0) is 29.7 Å². The van der Waals surface area contributed by atoms with Crippen LogP contribution < -0.4 is 0 Å². The molecule has 0 amide bonds. The molecule has 2 aromatic rings. The highest BCUT2D eigenvalue weighted by Gasteiger charge is 2.13. The molecule has 2 heterocycles. The molecule has 1 aliphatic heterocycles. The van der Waals surface area contributed by atoms with Crippen LogP contribution >= 0.6 is 0 Å². The van der Waals surface area contributed by atoms with E-state index in [1.165, 1.54) is 11.1 Å². The smallest absolute Gasteiger partial charge is 0.146 e. The molecule has 17 heavy (non-hydrogen) atoms. The topological polar surface area (TPSA) is 28.7 Å². The Morgan fingerprint density at radius 1 is 1.12 bits per heavy atom. The molecule has 0 atom stereocenters. The first-order valence-corrected chi connectivity index (χ1v) is 5.81. The van der Waals surface area contributed by atoms with Crippen molar-refractivity contribution in [2.24, 2.45) is 5.10 Å². The Labute approximate surface area is 100 Å². The fourth-order valence-corrected chi connectivity index (χ4v) is 2.08. The minimum Gasteiger partial charge on any atom is -0.463 e. The SMILES string of the molecule is C(=NN1CCc2ccccc2C1)c1ccco1. The summed E-state index contributed by atoms with van der Waals surface area (Å²) in [7, 11) is 0. The molecule has 3 heteroatoms. The van der Waals surface area contributed by atoms with Crippen molar-refractivity contribution in [1.82, 2.24) is 5.01 Å². The van der Waals surface area contributed by atoms with E-state index in [0.29, 0.717) is 0 Å². The van der Waals surface area contributed by atoms with Crippen LogP contribution in [0.2, 0.25) is 0 Å². The molecule has 0 saturated heterocycles. The highest BCUT2D eigenvalue weighted by molar-refractivity contribution is 5.75. The number of fused-ring (bicyclic) bond motifs is 1. The predicted octanol–water partition coefficient (Wildman–Crippen LogP) is 2.67. The van der Waals surface area contributed by atoms with Gasteiger partial charge in [0.25, 0.3) is 0 Å². The molecule has 0 saturated carbocycles. The van der Waals surface area contributed by atoms with Crippen LogP contribution in [0.5, 0.6) is 0 Å². The molecule has 0 aliphatic carbocycles. The van der Waals surface area contributed by atoms with E-state index in [1.807, 2.05) is 12.1 Å². The molecule has 1 aliphatic rings. The standard InChI is InChI=1S/C14H14N2O/c1-2-5-13-11-16(8-7-12(13)4-1)15-10-14-6-3-9-17-14/h1-6,9-10H,7-8,11H2. The van der Waals surface area contributed by atoms with Crippen LogP contribution in [0, 0.1) is 0 Å². The number of furan rings is 1. The Bertz CT molecular complexity index is 517.